The molecule has 5 nitrogen and oxygen atoms in total. The van der Waals surface area contributed by atoms with Crippen LogP contribution in [0.15, 0.2) is 28.9 Å². The van der Waals surface area contributed by atoms with Crippen LogP contribution in [0.1, 0.15) is 36.5 Å². The van der Waals surface area contributed by atoms with E-state index in [9.17, 15) is 5.11 Å². The Morgan fingerprint density at radius 1 is 1.45 bits per heavy atom. The van der Waals surface area contributed by atoms with Crippen molar-refractivity contribution in [2.45, 2.75) is 51.4 Å². The van der Waals surface area contributed by atoms with Gasteiger partial charge < -0.3 is 14.8 Å². The second-order valence-electron chi connectivity index (χ2n) is 5.50. The molecule has 5 heteroatoms. The van der Waals surface area contributed by atoms with Crippen molar-refractivity contribution in [2.75, 3.05) is 0 Å². The molecular formula is C15H21N3O2. The standard InChI is InChI=1S/C15H21N3O2/c1-3-11-4-5-12(20-11)8-16-13-6-14(19)15(13)18-9-10(2)7-17-18/h4-5,7,9,13-16,19H,3,6,8H2,1-2H3/t13-,14+,15+/m0/s1. The van der Waals surface area contributed by atoms with E-state index in [4.69, 9.17) is 4.42 Å². The van der Waals surface area contributed by atoms with Gasteiger partial charge in [0.1, 0.15) is 11.5 Å². The first-order chi connectivity index (χ1) is 9.67. The van der Waals surface area contributed by atoms with Crippen LogP contribution in [0.5, 0.6) is 0 Å². The summed E-state index contributed by atoms with van der Waals surface area (Å²) in [5.41, 5.74) is 1.11. The number of nitrogens with zero attached hydrogens (tertiary/aromatic N) is 2. The van der Waals surface area contributed by atoms with Gasteiger partial charge in [0.2, 0.25) is 0 Å². The number of aliphatic hydroxyl groups is 1. The normalized spacial score (nSPS) is 25.6. The molecule has 0 unspecified atom stereocenters. The van der Waals surface area contributed by atoms with E-state index < -0.39 is 0 Å². The predicted octanol–water partition coefficient (Wildman–Crippen LogP) is 1.81. The SMILES string of the molecule is CCc1ccc(CN[C@H]2C[C@@H](O)[C@@H]2n2cc(C)cn2)o1. The molecule has 1 aliphatic carbocycles. The number of nitrogens with one attached hydrogen (secondary N) is 1. The van der Waals surface area contributed by atoms with E-state index in [0.717, 1.165) is 29.9 Å². The van der Waals surface area contributed by atoms with Gasteiger partial charge in [-0.25, -0.2) is 0 Å². The number of hydrogen-bond acceptors (Lipinski definition) is 4. The lowest BCUT2D eigenvalue weighted by Crippen LogP contribution is -2.54. The summed E-state index contributed by atoms with van der Waals surface area (Å²) in [5, 5.41) is 17.7. The van der Waals surface area contributed by atoms with Crippen molar-refractivity contribution in [3.8, 4) is 0 Å². The molecule has 108 valence electrons. The molecule has 0 saturated heterocycles. The van der Waals surface area contributed by atoms with Crippen LogP contribution in [-0.2, 0) is 13.0 Å². The van der Waals surface area contributed by atoms with Gasteiger partial charge in [0, 0.05) is 18.7 Å². The van der Waals surface area contributed by atoms with Crippen molar-refractivity contribution in [2.24, 2.45) is 0 Å². The summed E-state index contributed by atoms with van der Waals surface area (Å²) < 4.78 is 7.54. The molecule has 3 rings (SSSR count). The molecule has 0 amide bonds. The van der Waals surface area contributed by atoms with E-state index >= 15 is 0 Å². The zero-order valence-electron chi connectivity index (χ0n) is 11.9. The van der Waals surface area contributed by atoms with Gasteiger partial charge >= 0.3 is 0 Å². The summed E-state index contributed by atoms with van der Waals surface area (Å²) >= 11 is 0. The lowest BCUT2D eigenvalue weighted by atomic mass is 9.83. The van der Waals surface area contributed by atoms with Crippen molar-refractivity contribution in [3.63, 3.8) is 0 Å². The van der Waals surface area contributed by atoms with Crippen molar-refractivity contribution in [1.29, 1.82) is 0 Å². The minimum atomic E-state index is -0.324. The zero-order chi connectivity index (χ0) is 14.1. The third kappa shape index (κ3) is 2.51. The Balaban J connectivity index is 1.60. The van der Waals surface area contributed by atoms with Crippen molar-refractivity contribution in [3.05, 3.63) is 41.6 Å². The van der Waals surface area contributed by atoms with E-state index in [0.29, 0.717) is 6.54 Å². The number of aliphatic hydroxyl groups excluding tert-OH is 1. The Bertz CT molecular complexity index is 575. The summed E-state index contributed by atoms with van der Waals surface area (Å²) in [5.74, 6) is 1.95. The van der Waals surface area contributed by atoms with Gasteiger partial charge in [-0.05, 0) is 31.0 Å². The molecular weight excluding hydrogens is 254 g/mol. The third-order valence-corrected chi connectivity index (χ3v) is 3.94. The highest BCUT2D eigenvalue weighted by atomic mass is 16.3. The van der Waals surface area contributed by atoms with Crippen LogP contribution in [-0.4, -0.2) is 27.0 Å². The average molecular weight is 275 g/mol. The summed E-state index contributed by atoms with van der Waals surface area (Å²) in [6.07, 6.45) is 5.14. The first-order valence-electron chi connectivity index (χ1n) is 7.17. The minimum absolute atomic E-state index is 0.0179. The number of aryl methyl sites for hydroxylation is 2. The topological polar surface area (TPSA) is 63.2 Å². The van der Waals surface area contributed by atoms with E-state index in [1.54, 1.807) is 0 Å². The molecule has 0 aliphatic heterocycles. The minimum Gasteiger partial charge on any atom is -0.465 e. The fourth-order valence-electron chi connectivity index (χ4n) is 2.71. The Kier molecular flexibility index (Phi) is 3.63. The first-order valence-corrected chi connectivity index (χ1v) is 7.17. The van der Waals surface area contributed by atoms with Crippen molar-refractivity contribution >= 4 is 0 Å². The third-order valence-electron chi connectivity index (χ3n) is 3.94. The molecule has 1 aliphatic rings. The largest absolute Gasteiger partial charge is 0.465 e. The molecule has 1 saturated carbocycles. The van der Waals surface area contributed by atoms with Crippen LogP contribution >= 0.6 is 0 Å². The van der Waals surface area contributed by atoms with Gasteiger partial charge in [0.05, 0.1) is 24.9 Å². The molecule has 3 atom stereocenters. The fourth-order valence-corrected chi connectivity index (χ4v) is 2.71. The fraction of sp³-hybridized carbons (Fsp3) is 0.533. The Hall–Kier alpha value is -1.59. The van der Waals surface area contributed by atoms with Crippen molar-refractivity contribution < 1.29 is 9.52 Å². The summed E-state index contributed by atoms with van der Waals surface area (Å²) in [6.45, 7) is 4.77. The molecule has 2 aromatic heterocycles. The van der Waals surface area contributed by atoms with Gasteiger partial charge in [0.15, 0.2) is 0 Å². The van der Waals surface area contributed by atoms with Crippen LogP contribution in [0, 0.1) is 6.92 Å². The Labute approximate surface area is 118 Å². The summed E-state index contributed by atoms with van der Waals surface area (Å²) in [6, 6.07) is 4.28. The van der Waals surface area contributed by atoms with Gasteiger partial charge in [-0.1, -0.05) is 6.92 Å². The van der Waals surface area contributed by atoms with E-state index in [2.05, 4.69) is 17.3 Å². The monoisotopic (exact) mass is 275 g/mol. The zero-order valence-corrected chi connectivity index (χ0v) is 11.9. The average Bonchev–Trinajstić information content (AvgIpc) is 3.03. The van der Waals surface area contributed by atoms with E-state index in [1.807, 2.05) is 36.1 Å². The molecule has 0 bridgehead atoms. The lowest BCUT2D eigenvalue weighted by molar-refractivity contribution is -0.00880. The van der Waals surface area contributed by atoms with Gasteiger partial charge in [0.25, 0.3) is 0 Å². The lowest BCUT2D eigenvalue weighted by Gasteiger charge is -2.42. The summed E-state index contributed by atoms with van der Waals surface area (Å²) in [4.78, 5) is 0. The van der Waals surface area contributed by atoms with Gasteiger partial charge in [-0.2, -0.15) is 5.10 Å². The number of furan rings is 1. The Morgan fingerprint density at radius 3 is 2.85 bits per heavy atom. The quantitative estimate of drug-likeness (QED) is 0.873. The molecule has 0 radical (unpaired) electrons. The first kappa shape index (κ1) is 13.4. The maximum absolute atomic E-state index is 9.96. The number of aromatic nitrogens is 2. The van der Waals surface area contributed by atoms with Gasteiger partial charge in [-0.15, -0.1) is 0 Å². The second-order valence-corrected chi connectivity index (χ2v) is 5.50. The van der Waals surface area contributed by atoms with Crippen LogP contribution in [0.4, 0.5) is 0 Å². The Morgan fingerprint density at radius 2 is 2.25 bits per heavy atom. The van der Waals surface area contributed by atoms with E-state index in [-0.39, 0.29) is 18.2 Å². The molecule has 2 aromatic rings. The molecule has 0 spiro atoms. The molecule has 20 heavy (non-hydrogen) atoms. The number of rotatable bonds is 5. The highest BCUT2D eigenvalue weighted by molar-refractivity contribution is 5.09. The molecule has 1 fully saturated rings. The number of hydrogen-bond donors (Lipinski definition) is 2. The molecule has 2 N–H and O–H groups in total. The molecule has 0 aromatic carbocycles. The summed E-state index contributed by atoms with van der Waals surface area (Å²) in [7, 11) is 0. The van der Waals surface area contributed by atoms with Crippen LogP contribution in [0.25, 0.3) is 0 Å². The highest BCUT2D eigenvalue weighted by Crippen LogP contribution is 2.32. The van der Waals surface area contributed by atoms with Crippen LogP contribution in [0.3, 0.4) is 0 Å². The second kappa shape index (κ2) is 5.42. The van der Waals surface area contributed by atoms with Crippen LogP contribution in [0.2, 0.25) is 0 Å². The van der Waals surface area contributed by atoms with Crippen LogP contribution < -0.4 is 5.32 Å². The molecule has 2 heterocycles. The van der Waals surface area contributed by atoms with Gasteiger partial charge in [-0.3, -0.25) is 4.68 Å². The highest BCUT2D eigenvalue weighted by Gasteiger charge is 2.41. The van der Waals surface area contributed by atoms with E-state index in [1.165, 1.54) is 0 Å². The predicted molar refractivity (Wildman–Crippen MR) is 75.3 cm³/mol. The smallest absolute Gasteiger partial charge is 0.117 e. The maximum Gasteiger partial charge on any atom is 0.117 e. The maximum atomic E-state index is 9.96. The van der Waals surface area contributed by atoms with Crippen molar-refractivity contribution in [1.82, 2.24) is 15.1 Å².